The molecule has 1 aliphatic rings. The van der Waals surface area contributed by atoms with Crippen LogP contribution in [0.5, 0.6) is 0 Å². The first-order chi connectivity index (χ1) is 10.7. The quantitative estimate of drug-likeness (QED) is 0.776. The summed E-state index contributed by atoms with van der Waals surface area (Å²) in [6, 6.07) is 0. The van der Waals surface area contributed by atoms with E-state index in [9.17, 15) is 5.11 Å². The van der Waals surface area contributed by atoms with Gasteiger partial charge < -0.3 is 10.4 Å². The Morgan fingerprint density at radius 2 is 2.14 bits per heavy atom. The van der Waals surface area contributed by atoms with Crippen LogP contribution in [-0.4, -0.2) is 42.9 Å². The standard InChI is InChI=1S/C14H19ClN6O/c1-2-12-19-13(21-20-12)8-3-9(11(22)4-8)5-16-14-17-6-10(15)7-18-14/h6-9,11,22H,2-5H2,1H3,(H,16,17,18)(H,19,20,21)/t8-,9+,11+/m0/s1. The van der Waals surface area contributed by atoms with Gasteiger partial charge >= 0.3 is 0 Å². The maximum Gasteiger partial charge on any atom is 0.222 e. The minimum Gasteiger partial charge on any atom is -0.393 e. The van der Waals surface area contributed by atoms with Gasteiger partial charge in [0, 0.05) is 24.8 Å². The molecular weight excluding hydrogens is 304 g/mol. The van der Waals surface area contributed by atoms with E-state index in [1.807, 2.05) is 6.92 Å². The van der Waals surface area contributed by atoms with Crippen molar-refractivity contribution in [1.82, 2.24) is 25.1 Å². The SMILES string of the molecule is CCc1nc([C@H]2C[C@H](CNc3ncc(Cl)cn3)[C@H](O)C2)n[nH]1. The summed E-state index contributed by atoms with van der Waals surface area (Å²) in [5, 5.41) is 21.1. The Hall–Kier alpha value is -1.73. The number of nitrogens with one attached hydrogen (secondary N) is 2. The van der Waals surface area contributed by atoms with Crippen LogP contribution in [0.2, 0.25) is 5.02 Å². The van der Waals surface area contributed by atoms with Crippen LogP contribution < -0.4 is 5.32 Å². The molecule has 7 nitrogen and oxygen atoms in total. The topological polar surface area (TPSA) is 99.6 Å². The molecule has 0 aliphatic heterocycles. The number of H-pyrrole nitrogens is 1. The number of hydrogen-bond donors (Lipinski definition) is 3. The summed E-state index contributed by atoms with van der Waals surface area (Å²) >= 11 is 5.75. The van der Waals surface area contributed by atoms with Gasteiger partial charge in [0.25, 0.3) is 0 Å². The average Bonchev–Trinajstić information content (AvgIpc) is 3.13. The highest BCUT2D eigenvalue weighted by Gasteiger charge is 2.35. The third-order valence-electron chi connectivity index (χ3n) is 4.05. The molecule has 2 aromatic rings. The molecule has 22 heavy (non-hydrogen) atoms. The Labute approximate surface area is 133 Å². The summed E-state index contributed by atoms with van der Waals surface area (Å²) in [6.45, 7) is 2.65. The van der Waals surface area contributed by atoms with Gasteiger partial charge in [0.2, 0.25) is 5.95 Å². The van der Waals surface area contributed by atoms with Gasteiger partial charge in [0.05, 0.1) is 23.5 Å². The molecule has 0 bridgehead atoms. The Kier molecular flexibility index (Phi) is 4.54. The zero-order valence-corrected chi connectivity index (χ0v) is 13.1. The minimum absolute atomic E-state index is 0.132. The number of hydrogen-bond acceptors (Lipinski definition) is 6. The molecule has 3 N–H and O–H groups in total. The van der Waals surface area contributed by atoms with Crippen molar-refractivity contribution in [1.29, 1.82) is 0 Å². The highest BCUT2D eigenvalue weighted by Crippen LogP contribution is 2.37. The van der Waals surface area contributed by atoms with Crippen molar-refractivity contribution in [3.8, 4) is 0 Å². The lowest BCUT2D eigenvalue weighted by Crippen LogP contribution is -2.22. The normalized spacial score (nSPS) is 24.6. The molecule has 0 aromatic carbocycles. The van der Waals surface area contributed by atoms with E-state index in [4.69, 9.17) is 11.6 Å². The molecule has 1 saturated carbocycles. The number of halogens is 1. The van der Waals surface area contributed by atoms with Crippen molar-refractivity contribution in [3.05, 3.63) is 29.1 Å². The molecule has 0 radical (unpaired) electrons. The largest absolute Gasteiger partial charge is 0.393 e. The maximum absolute atomic E-state index is 10.2. The fraction of sp³-hybridized carbons (Fsp3) is 0.571. The van der Waals surface area contributed by atoms with Crippen molar-refractivity contribution >= 4 is 17.5 Å². The lowest BCUT2D eigenvalue weighted by molar-refractivity contribution is 0.137. The summed E-state index contributed by atoms with van der Waals surface area (Å²) in [5.41, 5.74) is 0. The zero-order chi connectivity index (χ0) is 15.5. The van der Waals surface area contributed by atoms with Gasteiger partial charge in [-0.1, -0.05) is 18.5 Å². The average molecular weight is 323 g/mol. The molecule has 3 atom stereocenters. The van der Waals surface area contributed by atoms with E-state index in [0.717, 1.165) is 24.5 Å². The van der Waals surface area contributed by atoms with Crippen molar-refractivity contribution in [2.75, 3.05) is 11.9 Å². The molecule has 0 unspecified atom stereocenters. The van der Waals surface area contributed by atoms with E-state index in [-0.39, 0.29) is 17.9 Å². The number of rotatable bonds is 5. The van der Waals surface area contributed by atoms with E-state index >= 15 is 0 Å². The summed E-state index contributed by atoms with van der Waals surface area (Å²) in [4.78, 5) is 12.7. The molecular formula is C14H19ClN6O. The molecule has 2 heterocycles. The summed E-state index contributed by atoms with van der Waals surface area (Å²) in [5.74, 6) is 2.55. The minimum atomic E-state index is -0.367. The molecule has 0 saturated heterocycles. The van der Waals surface area contributed by atoms with E-state index < -0.39 is 0 Å². The second kappa shape index (κ2) is 6.58. The number of aromatic amines is 1. The third-order valence-corrected chi connectivity index (χ3v) is 4.24. The van der Waals surface area contributed by atoms with Crippen molar-refractivity contribution < 1.29 is 5.11 Å². The lowest BCUT2D eigenvalue weighted by atomic mass is 10.0. The highest BCUT2D eigenvalue weighted by molar-refractivity contribution is 6.30. The Bertz CT molecular complexity index is 616. The first kappa shape index (κ1) is 15.2. The number of nitrogens with zero attached hydrogens (tertiary/aromatic N) is 4. The molecule has 1 aliphatic carbocycles. The molecule has 1 fully saturated rings. The van der Waals surface area contributed by atoms with Crippen LogP contribution in [0.25, 0.3) is 0 Å². The van der Waals surface area contributed by atoms with Gasteiger partial charge in [-0.3, -0.25) is 5.10 Å². The second-order valence-corrected chi connectivity index (χ2v) is 6.03. The molecule has 2 aromatic heterocycles. The maximum atomic E-state index is 10.2. The van der Waals surface area contributed by atoms with E-state index in [1.165, 1.54) is 0 Å². The van der Waals surface area contributed by atoms with Crippen LogP contribution in [0.4, 0.5) is 5.95 Å². The first-order valence-corrected chi connectivity index (χ1v) is 7.84. The zero-order valence-electron chi connectivity index (χ0n) is 12.3. The predicted octanol–water partition coefficient (Wildman–Crippen LogP) is 1.78. The summed E-state index contributed by atoms with van der Waals surface area (Å²) in [6.07, 6.45) is 5.10. The predicted molar refractivity (Wildman–Crippen MR) is 82.8 cm³/mol. The van der Waals surface area contributed by atoms with Crippen LogP contribution in [0.3, 0.4) is 0 Å². The number of anilines is 1. The summed E-state index contributed by atoms with van der Waals surface area (Å²) < 4.78 is 0. The van der Waals surface area contributed by atoms with Crippen LogP contribution in [0, 0.1) is 5.92 Å². The van der Waals surface area contributed by atoms with Gasteiger partial charge in [0.15, 0.2) is 5.82 Å². The van der Waals surface area contributed by atoms with Gasteiger partial charge in [-0.2, -0.15) is 5.10 Å². The van der Waals surface area contributed by atoms with Crippen LogP contribution in [0.1, 0.15) is 37.3 Å². The van der Waals surface area contributed by atoms with Crippen molar-refractivity contribution in [3.63, 3.8) is 0 Å². The smallest absolute Gasteiger partial charge is 0.222 e. The summed E-state index contributed by atoms with van der Waals surface area (Å²) in [7, 11) is 0. The fourth-order valence-corrected chi connectivity index (χ4v) is 2.91. The van der Waals surface area contributed by atoms with E-state index in [2.05, 4.69) is 30.5 Å². The van der Waals surface area contributed by atoms with E-state index in [0.29, 0.717) is 23.9 Å². The number of aromatic nitrogens is 5. The van der Waals surface area contributed by atoms with Gasteiger partial charge in [-0.05, 0) is 12.8 Å². The number of aliphatic hydroxyl groups excluding tert-OH is 1. The molecule has 3 rings (SSSR count). The Morgan fingerprint density at radius 1 is 1.36 bits per heavy atom. The molecule has 0 spiro atoms. The lowest BCUT2D eigenvalue weighted by Gasteiger charge is -2.14. The Morgan fingerprint density at radius 3 is 2.82 bits per heavy atom. The van der Waals surface area contributed by atoms with Gasteiger partial charge in [-0.15, -0.1) is 0 Å². The Balaban J connectivity index is 1.57. The second-order valence-electron chi connectivity index (χ2n) is 5.60. The van der Waals surface area contributed by atoms with E-state index in [1.54, 1.807) is 12.4 Å². The highest BCUT2D eigenvalue weighted by atomic mass is 35.5. The van der Waals surface area contributed by atoms with Crippen LogP contribution in [-0.2, 0) is 6.42 Å². The first-order valence-electron chi connectivity index (χ1n) is 7.46. The third kappa shape index (κ3) is 3.36. The van der Waals surface area contributed by atoms with Gasteiger partial charge in [-0.25, -0.2) is 15.0 Å². The van der Waals surface area contributed by atoms with Gasteiger partial charge in [0.1, 0.15) is 5.82 Å². The van der Waals surface area contributed by atoms with Crippen LogP contribution >= 0.6 is 11.6 Å². The molecule has 118 valence electrons. The monoisotopic (exact) mass is 322 g/mol. The number of aryl methyl sites for hydroxylation is 1. The fourth-order valence-electron chi connectivity index (χ4n) is 2.81. The molecule has 8 heteroatoms. The van der Waals surface area contributed by atoms with Crippen LogP contribution in [0.15, 0.2) is 12.4 Å². The van der Waals surface area contributed by atoms with Crippen molar-refractivity contribution in [2.24, 2.45) is 5.92 Å². The van der Waals surface area contributed by atoms with Crippen molar-refractivity contribution in [2.45, 2.75) is 38.2 Å². The number of aliphatic hydroxyl groups is 1. The molecule has 0 amide bonds.